The van der Waals surface area contributed by atoms with Crippen LogP contribution < -0.4 is 0 Å². The number of hydrogen-bond acceptors (Lipinski definition) is 3. The minimum atomic E-state index is 0.0336. The van der Waals surface area contributed by atoms with Crippen molar-refractivity contribution in [2.45, 2.75) is 12.8 Å². The summed E-state index contributed by atoms with van der Waals surface area (Å²) in [5, 5.41) is 3.35. The average molecular weight is 190 g/mol. The Balaban J connectivity index is 2.40. The molecule has 14 heavy (non-hydrogen) atoms. The third kappa shape index (κ3) is 3.25. The summed E-state index contributed by atoms with van der Waals surface area (Å²) in [4.78, 5) is 17.9. The molecule has 0 saturated carbocycles. The Morgan fingerprint density at radius 1 is 1.64 bits per heavy atom. The Kier molecular flexibility index (Phi) is 4.17. The quantitative estimate of drug-likeness (QED) is 0.235. The standard InChI is InChI=1S/C9H10N4O/c10-13-12-6-2-4-9(14)8-3-1-5-11-7-8/h1,3,5,7H,2,4,6H2. The van der Waals surface area contributed by atoms with E-state index in [4.69, 9.17) is 5.53 Å². The van der Waals surface area contributed by atoms with Crippen LogP contribution in [0.25, 0.3) is 10.4 Å². The molecule has 0 bridgehead atoms. The molecule has 0 unspecified atom stereocenters. The lowest BCUT2D eigenvalue weighted by atomic mass is 10.1. The lowest BCUT2D eigenvalue weighted by Gasteiger charge is -1.97. The van der Waals surface area contributed by atoms with Gasteiger partial charge in [0.15, 0.2) is 5.78 Å². The maximum atomic E-state index is 11.4. The fourth-order valence-corrected chi connectivity index (χ4v) is 1.03. The molecule has 0 radical (unpaired) electrons. The molecule has 5 nitrogen and oxygen atoms in total. The first kappa shape index (κ1) is 10.2. The van der Waals surface area contributed by atoms with Gasteiger partial charge in [-0.15, -0.1) is 0 Å². The van der Waals surface area contributed by atoms with E-state index in [9.17, 15) is 4.79 Å². The summed E-state index contributed by atoms with van der Waals surface area (Å²) in [5.41, 5.74) is 8.62. The summed E-state index contributed by atoms with van der Waals surface area (Å²) in [6.07, 6.45) is 4.13. The van der Waals surface area contributed by atoms with Crippen LogP contribution in [0.1, 0.15) is 23.2 Å². The predicted octanol–water partition coefficient (Wildman–Crippen LogP) is 2.35. The summed E-state index contributed by atoms with van der Waals surface area (Å²) >= 11 is 0. The van der Waals surface area contributed by atoms with Gasteiger partial charge in [-0.3, -0.25) is 9.78 Å². The summed E-state index contributed by atoms with van der Waals surface area (Å²) in [6, 6.07) is 3.45. The molecule has 72 valence electrons. The first-order valence-corrected chi connectivity index (χ1v) is 4.28. The molecule has 0 aliphatic rings. The zero-order valence-electron chi connectivity index (χ0n) is 7.63. The van der Waals surface area contributed by atoms with Gasteiger partial charge in [0.25, 0.3) is 0 Å². The van der Waals surface area contributed by atoms with Crippen molar-refractivity contribution in [1.82, 2.24) is 4.98 Å². The van der Waals surface area contributed by atoms with E-state index in [1.165, 1.54) is 6.20 Å². The van der Waals surface area contributed by atoms with Crippen LogP contribution in [0.3, 0.4) is 0 Å². The Morgan fingerprint density at radius 2 is 2.50 bits per heavy atom. The number of nitrogens with zero attached hydrogens (tertiary/aromatic N) is 4. The van der Waals surface area contributed by atoms with Crippen LogP contribution in [0, 0.1) is 0 Å². The number of azide groups is 1. The van der Waals surface area contributed by atoms with E-state index in [0.717, 1.165) is 0 Å². The smallest absolute Gasteiger partial charge is 0.164 e. The fraction of sp³-hybridized carbons (Fsp3) is 0.333. The normalized spacial score (nSPS) is 9.14. The monoisotopic (exact) mass is 190 g/mol. The number of hydrogen-bond donors (Lipinski definition) is 0. The van der Waals surface area contributed by atoms with Crippen LogP contribution in [0.2, 0.25) is 0 Å². The molecule has 0 aromatic carbocycles. The Morgan fingerprint density at radius 3 is 3.14 bits per heavy atom. The Bertz CT molecular complexity index is 343. The fourth-order valence-electron chi connectivity index (χ4n) is 1.03. The molecule has 1 heterocycles. The number of carbonyl (C=O) groups excluding carboxylic acids is 1. The summed E-state index contributed by atoms with van der Waals surface area (Å²) in [6.45, 7) is 0.364. The number of ketones is 1. The highest BCUT2D eigenvalue weighted by atomic mass is 16.1. The number of aromatic nitrogens is 1. The highest BCUT2D eigenvalue weighted by Crippen LogP contribution is 2.03. The number of pyridine rings is 1. The molecule has 0 saturated heterocycles. The highest BCUT2D eigenvalue weighted by molar-refractivity contribution is 5.95. The van der Waals surface area contributed by atoms with Crippen molar-refractivity contribution in [3.8, 4) is 0 Å². The van der Waals surface area contributed by atoms with Crippen molar-refractivity contribution < 1.29 is 4.79 Å². The molecule has 1 rings (SSSR count). The summed E-state index contributed by atoms with van der Waals surface area (Å²) in [7, 11) is 0. The van der Waals surface area contributed by atoms with Crippen molar-refractivity contribution in [2.24, 2.45) is 5.11 Å². The Hall–Kier alpha value is -1.87. The van der Waals surface area contributed by atoms with Gasteiger partial charge in [-0.2, -0.15) is 0 Å². The third-order valence-electron chi connectivity index (χ3n) is 1.71. The van der Waals surface area contributed by atoms with E-state index in [1.807, 2.05) is 0 Å². The van der Waals surface area contributed by atoms with Gasteiger partial charge in [-0.1, -0.05) is 5.11 Å². The van der Waals surface area contributed by atoms with Gasteiger partial charge in [0.05, 0.1) is 0 Å². The van der Waals surface area contributed by atoms with E-state index in [1.54, 1.807) is 18.3 Å². The number of rotatable bonds is 5. The third-order valence-corrected chi connectivity index (χ3v) is 1.71. The van der Waals surface area contributed by atoms with Crippen molar-refractivity contribution in [1.29, 1.82) is 0 Å². The molecule has 0 N–H and O–H groups in total. The van der Waals surface area contributed by atoms with Gasteiger partial charge >= 0.3 is 0 Å². The van der Waals surface area contributed by atoms with E-state index in [2.05, 4.69) is 15.0 Å². The van der Waals surface area contributed by atoms with Gasteiger partial charge in [0.1, 0.15) is 0 Å². The lowest BCUT2D eigenvalue weighted by Crippen LogP contribution is -1.99. The van der Waals surface area contributed by atoms with Crippen LogP contribution in [0.15, 0.2) is 29.6 Å². The molecule has 5 heteroatoms. The second-order valence-corrected chi connectivity index (χ2v) is 2.72. The SMILES string of the molecule is [N-]=[N+]=NCCCC(=O)c1cccnc1. The topological polar surface area (TPSA) is 78.7 Å². The van der Waals surface area contributed by atoms with E-state index < -0.39 is 0 Å². The molecular weight excluding hydrogens is 180 g/mol. The predicted molar refractivity (Wildman–Crippen MR) is 51.8 cm³/mol. The van der Waals surface area contributed by atoms with Crippen molar-refractivity contribution >= 4 is 5.78 Å². The molecule has 1 aromatic heterocycles. The molecule has 0 amide bonds. The first-order chi connectivity index (χ1) is 6.84. The van der Waals surface area contributed by atoms with Gasteiger partial charge in [-0.05, 0) is 24.1 Å². The van der Waals surface area contributed by atoms with E-state index >= 15 is 0 Å². The maximum Gasteiger partial charge on any atom is 0.164 e. The van der Waals surface area contributed by atoms with Crippen LogP contribution >= 0.6 is 0 Å². The summed E-state index contributed by atoms with van der Waals surface area (Å²) in [5.74, 6) is 0.0336. The second kappa shape index (κ2) is 5.72. The van der Waals surface area contributed by atoms with Crippen LogP contribution in [0.5, 0.6) is 0 Å². The van der Waals surface area contributed by atoms with Crippen molar-refractivity contribution in [2.75, 3.05) is 6.54 Å². The molecule has 0 aliphatic carbocycles. The molecule has 0 aliphatic heterocycles. The van der Waals surface area contributed by atoms with Crippen molar-refractivity contribution in [3.05, 3.63) is 40.5 Å². The first-order valence-electron chi connectivity index (χ1n) is 4.28. The largest absolute Gasteiger partial charge is 0.294 e. The van der Waals surface area contributed by atoms with Gasteiger partial charge < -0.3 is 0 Å². The van der Waals surface area contributed by atoms with Gasteiger partial charge in [0.2, 0.25) is 0 Å². The molecule has 0 atom stereocenters. The van der Waals surface area contributed by atoms with Crippen molar-refractivity contribution in [3.63, 3.8) is 0 Å². The van der Waals surface area contributed by atoms with Crippen LogP contribution in [-0.2, 0) is 0 Å². The van der Waals surface area contributed by atoms with Gasteiger partial charge in [-0.25, -0.2) is 0 Å². The maximum absolute atomic E-state index is 11.4. The van der Waals surface area contributed by atoms with Crippen LogP contribution in [0.4, 0.5) is 0 Å². The average Bonchev–Trinajstić information content (AvgIpc) is 2.25. The Labute approximate surface area is 81.4 Å². The zero-order chi connectivity index (χ0) is 10.2. The number of Topliss-reactive ketones (excluding diaryl/α,β-unsaturated/α-hetero) is 1. The highest BCUT2D eigenvalue weighted by Gasteiger charge is 2.03. The second-order valence-electron chi connectivity index (χ2n) is 2.72. The molecular formula is C9H10N4O. The number of carbonyl (C=O) groups is 1. The minimum Gasteiger partial charge on any atom is -0.294 e. The molecule has 0 fully saturated rings. The van der Waals surface area contributed by atoms with Gasteiger partial charge in [0, 0.05) is 35.8 Å². The minimum absolute atomic E-state index is 0.0336. The molecule has 1 aromatic rings. The van der Waals surface area contributed by atoms with E-state index in [0.29, 0.717) is 24.9 Å². The molecule has 0 spiro atoms. The van der Waals surface area contributed by atoms with Crippen LogP contribution in [-0.4, -0.2) is 17.3 Å². The van der Waals surface area contributed by atoms with E-state index in [-0.39, 0.29) is 5.78 Å². The lowest BCUT2D eigenvalue weighted by molar-refractivity contribution is 0.0980. The summed E-state index contributed by atoms with van der Waals surface area (Å²) < 4.78 is 0. The zero-order valence-corrected chi connectivity index (χ0v) is 7.63.